The van der Waals surface area contributed by atoms with E-state index in [2.05, 4.69) is 25.6 Å². The molecule has 0 aliphatic rings. The quantitative estimate of drug-likeness (QED) is 0.251. The van der Waals surface area contributed by atoms with E-state index in [-0.39, 0.29) is 36.0 Å². The minimum absolute atomic E-state index is 0. The number of methoxy groups -OCH3 is 1. The molecule has 0 amide bonds. The smallest absolute Gasteiger partial charge is 0.350 e. The van der Waals surface area contributed by atoms with Gasteiger partial charge in [-0.2, -0.15) is 0 Å². The average Bonchev–Trinajstić information content (AvgIpc) is 3.07. The first-order valence-electron chi connectivity index (χ1n) is 8.59. The molecule has 2 heterocycles. The molecule has 2 N–H and O–H groups in total. The number of aryl methyl sites for hydroxylation is 1. The number of nitrogens with zero attached hydrogens (tertiary/aromatic N) is 3. The van der Waals surface area contributed by atoms with Gasteiger partial charge in [-0.1, -0.05) is 6.07 Å². The molecular formula is C18H26IN5O3S. The van der Waals surface area contributed by atoms with Crippen LogP contribution in [0.4, 0.5) is 0 Å². The van der Waals surface area contributed by atoms with Crippen LogP contribution in [0.2, 0.25) is 0 Å². The second-order valence-electron chi connectivity index (χ2n) is 5.69. The fraction of sp³-hybridized carbons (Fsp3) is 0.444. The third kappa shape index (κ3) is 6.59. The Morgan fingerprint density at radius 1 is 1.39 bits per heavy atom. The zero-order valence-electron chi connectivity index (χ0n) is 16.6. The first-order chi connectivity index (χ1) is 13.0. The molecule has 0 spiro atoms. The van der Waals surface area contributed by atoms with Crippen molar-refractivity contribution in [3.8, 4) is 5.88 Å². The highest BCUT2D eigenvalue weighted by Gasteiger charge is 2.20. The van der Waals surface area contributed by atoms with Crippen molar-refractivity contribution in [1.82, 2.24) is 20.6 Å². The lowest BCUT2D eigenvalue weighted by atomic mass is 10.3. The third-order valence-corrected chi connectivity index (χ3v) is 5.01. The van der Waals surface area contributed by atoms with Crippen LogP contribution in [-0.4, -0.2) is 42.7 Å². The Morgan fingerprint density at radius 3 is 2.71 bits per heavy atom. The summed E-state index contributed by atoms with van der Waals surface area (Å²) in [6.45, 7) is 6.47. The van der Waals surface area contributed by atoms with Crippen LogP contribution in [0.1, 0.15) is 45.8 Å². The van der Waals surface area contributed by atoms with Crippen LogP contribution in [0.3, 0.4) is 0 Å². The average molecular weight is 519 g/mol. The summed E-state index contributed by atoms with van der Waals surface area (Å²) in [6.07, 6.45) is 1.75. The molecule has 0 fully saturated rings. The lowest BCUT2D eigenvalue weighted by molar-refractivity contribution is 0.0531. The van der Waals surface area contributed by atoms with Gasteiger partial charge in [0.2, 0.25) is 5.88 Å². The molecule has 0 bridgehead atoms. The SMILES string of the molecule is CCOC(=O)c1sc(C(C)NC(=NC)NCc2ccc(OC)nc2)nc1C.I. The van der Waals surface area contributed by atoms with Gasteiger partial charge in [-0.3, -0.25) is 4.99 Å². The van der Waals surface area contributed by atoms with Gasteiger partial charge in [-0.25, -0.2) is 14.8 Å². The maximum atomic E-state index is 12.0. The van der Waals surface area contributed by atoms with Gasteiger partial charge in [0.15, 0.2) is 5.96 Å². The number of hydrogen-bond donors (Lipinski definition) is 2. The molecule has 154 valence electrons. The van der Waals surface area contributed by atoms with Gasteiger partial charge in [0.05, 0.1) is 25.5 Å². The second-order valence-corrected chi connectivity index (χ2v) is 6.72. The highest BCUT2D eigenvalue weighted by Crippen LogP contribution is 2.24. The summed E-state index contributed by atoms with van der Waals surface area (Å²) in [5.74, 6) is 0.871. The predicted octanol–water partition coefficient (Wildman–Crippen LogP) is 3.08. The van der Waals surface area contributed by atoms with Crippen molar-refractivity contribution >= 4 is 47.2 Å². The van der Waals surface area contributed by atoms with Gasteiger partial charge in [-0.05, 0) is 26.3 Å². The van der Waals surface area contributed by atoms with Crippen molar-refractivity contribution in [3.05, 3.63) is 39.5 Å². The largest absolute Gasteiger partial charge is 0.481 e. The van der Waals surface area contributed by atoms with Crippen LogP contribution in [0.25, 0.3) is 0 Å². The molecule has 1 unspecified atom stereocenters. The zero-order chi connectivity index (χ0) is 19.8. The number of carbonyl (C=O) groups excluding carboxylic acids is 1. The van der Waals surface area contributed by atoms with Gasteiger partial charge in [0.1, 0.15) is 9.88 Å². The summed E-state index contributed by atoms with van der Waals surface area (Å²) in [5.41, 5.74) is 1.68. The number of pyridine rings is 1. The number of rotatable bonds is 7. The van der Waals surface area contributed by atoms with Gasteiger partial charge in [0, 0.05) is 25.9 Å². The molecule has 0 saturated heterocycles. The first-order valence-corrected chi connectivity index (χ1v) is 9.40. The van der Waals surface area contributed by atoms with E-state index in [9.17, 15) is 4.79 Å². The number of carbonyl (C=O) groups is 1. The van der Waals surface area contributed by atoms with E-state index in [4.69, 9.17) is 9.47 Å². The standard InChI is InChI=1S/C18H25N5O3S.HI/c1-6-26-17(24)15-11(2)22-16(27-15)12(3)23-18(19-4)21-10-13-7-8-14(25-5)20-9-13;/h7-9,12H,6,10H2,1-5H3,(H2,19,21,23);1H. The van der Waals surface area contributed by atoms with E-state index in [1.54, 1.807) is 27.3 Å². The number of guanidine groups is 1. The number of hydrogen-bond acceptors (Lipinski definition) is 7. The lowest BCUT2D eigenvalue weighted by Crippen LogP contribution is -2.38. The van der Waals surface area contributed by atoms with Crippen LogP contribution < -0.4 is 15.4 Å². The number of halogens is 1. The summed E-state index contributed by atoms with van der Waals surface area (Å²) in [5, 5.41) is 7.30. The number of aromatic nitrogens is 2. The van der Waals surface area contributed by atoms with Crippen molar-refractivity contribution in [2.75, 3.05) is 20.8 Å². The Hall–Kier alpha value is -1.95. The van der Waals surface area contributed by atoms with E-state index >= 15 is 0 Å². The molecule has 0 aliphatic carbocycles. The summed E-state index contributed by atoms with van der Waals surface area (Å²) in [6, 6.07) is 3.63. The first kappa shape index (κ1) is 24.1. The second kappa shape index (κ2) is 11.8. The molecule has 0 saturated carbocycles. The molecule has 0 aromatic carbocycles. The maximum absolute atomic E-state index is 12.0. The summed E-state index contributed by atoms with van der Waals surface area (Å²) in [7, 11) is 3.28. The van der Waals surface area contributed by atoms with Crippen molar-refractivity contribution in [1.29, 1.82) is 0 Å². The number of ether oxygens (including phenoxy) is 2. The fourth-order valence-electron chi connectivity index (χ4n) is 2.27. The molecule has 8 nitrogen and oxygen atoms in total. The number of aliphatic imine (C=N–C) groups is 1. The lowest BCUT2D eigenvalue weighted by Gasteiger charge is -2.16. The molecule has 2 aromatic heterocycles. The Morgan fingerprint density at radius 2 is 2.14 bits per heavy atom. The van der Waals surface area contributed by atoms with E-state index in [1.165, 1.54) is 11.3 Å². The van der Waals surface area contributed by atoms with E-state index < -0.39 is 0 Å². The van der Waals surface area contributed by atoms with Crippen LogP contribution in [0, 0.1) is 6.92 Å². The van der Waals surface area contributed by atoms with E-state index in [1.807, 2.05) is 26.0 Å². The van der Waals surface area contributed by atoms with E-state index in [0.29, 0.717) is 35.6 Å². The Labute approximate surface area is 186 Å². The molecular weight excluding hydrogens is 493 g/mol. The van der Waals surface area contributed by atoms with Crippen LogP contribution in [-0.2, 0) is 11.3 Å². The monoisotopic (exact) mass is 519 g/mol. The Bertz CT molecular complexity index is 795. The summed E-state index contributed by atoms with van der Waals surface area (Å²) >= 11 is 1.33. The van der Waals surface area contributed by atoms with Crippen LogP contribution in [0.15, 0.2) is 23.3 Å². The van der Waals surface area contributed by atoms with Crippen molar-refractivity contribution in [2.45, 2.75) is 33.4 Å². The van der Waals surface area contributed by atoms with E-state index in [0.717, 1.165) is 10.6 Å². The number of thiazole rings is 1. The third-order valence-electron chi connectivity index (χ3n) is 3.69. The fourth-order valence-corrected chi connectivity index (χ4v) is 3.24. The van der Waals surface area contributed by atoms with Gasteiger partial charge in [-0.15, -0.1) is 35.3 Å². The Kier molecular flexibility index (Phi) is 10.1. The molecule has 0 aliphatic heterocycles. The van der Waals surface area contributed by atoms with Gasteiger partial charge >= 0.3 is 5.97 Å². The van der Waals surface area contributed by atoms with Crippen LogP contribution >= 0.6 is 35.3 Å². The normalized spacial score (nSPS) is 12.0. The minimum atomic E-state index is -0.333. The molecule has 2 aromatic rings. The minimum Gasteiger partial charge on any atom is -0.481 e. The summed E-state index contributed by atoms with van der Waals surface area (Å²) < 4.78 is 10.1. The van der Waals surface area contributed by atoms with Gasteiger partial charge in [0.25, 0.3) is 0 Å². The highest BCUT2D eigenvalue weighted by atomic mass is 127. The molecule has 1 atom stereocenters. The molecule has 10 heteroatoms. The molecule has 28 heavy (non-hydrogen) atoms. The van der Waals surface area contributed by atoms with Gasteiger partial charge < -0.3 is 20.1 Å². The number of nitrogens with one attached hydrogen (secondary N) is 2. The zero-order valence-corrected chi connectivity index (χ0v) is 19.8. The van der Waals surface area contributed by atoms with Crippen molar-refractivity contribution < 1.29 is 14.3 Å². The topological polar surface area (TPSA) is 97.7 Å². The highest BCUT2D eigenvalue weighted by molar-refractivity contribution is 14.0. The van der Waals surface area contributed by atoms with Crippen LogP contribution in [0.5, 0.6) is 5.88 Å². The predicted molar refractivity (Wildman–Crippen MR) is 121 cm³/mol. The summed E-state index contributed by atoms with van der Waals surface area (Å²) in [4.78, 5) is 25.4. The Balaban J connectivity index is 0.00000392. The van der Waals surface area contributed by atoms with Crippen molar-refractivity contribution in [3.63, 3.8) is 0 Å². The maximum Gasteiger partial charge on any atom is 0.350 e. The van der Waals surface area contributed by atoms with Crippen molar-refractivity contribution in [2.24, 2.45) is 4.99 Å². The molecule has 2 rings (SSSR count). The molecule has 0 radical (unpaired) electrons. The number of esters is 1.